The van der Waals surface area contributed by atoms with Gasteiger partial charge in [0.25, 0.3) is 5.91 Å². The quantitative estimate of drug-likeness (QED) is 0.723. The molecule has 0 aromatic carbocycles. The molecule has 7 nitrogen and oxygen atoms in total. The zero-order valence-electron chi connectivity index (χ0n) is 12.3. The van der Waals surface area contributed by atoms with Crippen molar-refractivity contribution in [2.75, 3.05) is 5.32 Å². The summed E-state index contributed by atoms with van der Waals surface area (Å²) in [4.78, 5) is 24.2. The van der Waals surface area contributed by atoms with Gasteiger partial charge in [-0.05, 0) is 23.8 Å². The first kappa shape index (κ1) is 14.7. The Bertz CT molecular complexity index is 759. The van der Waals surface area contributed by atoms with Crippen molar-refractivity contribution in [3.63, 3.8) is 0 Å². The summed E-state index contributed by atoms with van der Waals surface area (Å²) in [5.41, 5.74) is 1.22. The molecule has 3 aromatic heterocycles. The van der Waals surface area contributed by atoms with Gasteiger partial charge in [-0.25, -0.2) is 9.97 Å². The van der Waals surface area contributed by atoms with E-state index in [0.29, 0.717) is 24.6 Å². The average Bonchev–Trinajstić information content (AvgIpc) is 3.12. The Morgan fingerprint density at radius 1 is 1.17 bits per heavy atom. The average molecular weight is 309 g/mol. The number of pyridine rings is 1. The highest BCUT2D eigenvalue weighted by atomic mass is 16.3. The van der Waals surface area contributed by atoms with Crippen LogP contribution in [-0.2, 0) is 13.1 Å². The predicted octanol–water partition coefficient (Wildman–Crippen LogP) is 2.01. The lowest BCUT2D eigenvalue weighted by molar-refractivity contribution is 0.0946. The highest BCUT2D eigenvalue weighted by Crippen LogP contribution is 2.08. The van der Waals surface area contributed by atoms with Crippen molar-refractivity contribution in [2.24, 2.45) is 0 Å². The van der Waals surface area contributed by atoms with Gasteiger partial charge in [-0.1, -0.05) is 6.07 Å². The number of nitrogens with one attached hydrogen (secondary N) is 2. The smallest absolute Gasteiger partial charge is 0.270 e. The molecular weight excluding hydrogens is 294 g/mol. The van der Waals surface area contributed by atoms with Crippen molar-refractivity contribution >= 4 is 11.7 Å². The molecular formula is C16H15N5O2. The minimum atomic E-state index is -0.266. The third kappa shape index (κ3) is 4.13. The maximum atomic E-state index is 12.1. The normalized spacial score (nSPS) is 10.3. The predicted molar refractivity (Wildman–Crippen MR) is 83.5 cm³/mol. The number of hydrogen-bond donors (Lipinski definition) is 2. The second kappa shape index (κ2) is 7.17. The van der Waals surface area contributed by atoms with E-state index >= 15 is 0 Å². The van der Waals surface area contributed by atoms with E-state index in [4.69, 9.17) is 4.42 Å². The summed E-state index contributed by atoms with van der Waals surface area (Å²) in [5, 5.41) is 5.88. The lowest BCUT2D eigenvalue weighted by Gasteiger charge is -2.07. The Labute approximate surface area is 132 Å². The minimum absolute atomic E-state index is 0.266. The van der Waals surface area contributed by atoms with Crippen molar-refractivity contribution in [2.45, 2.75) is 13.1 Å². The van der Waals surface area contributed by atoms with Crippen LogP contribution in [0.3, 0.4) is 0 Å². The summed E-state index contributed by atoms with van der Waals surface area (Å²) < 4.78 is 5.23. The molecule has 0 bridgehead atoms. The van der Waals surface area contributed by atoms with Crippen molar-refractivity contribution in [1.29, 1.82) is 0 Å². The van der Waals surface area contributed by atoms with Crippen LogP contribution in [0, 0.1) is 0 Å². The number of aromatic nitrogens is 3. The molecule has 0 unspecified atom stereocenters. The molecule has 7 heteroatoms. The van der Waals surface area contributed by atoms with Gasteiger partial charge in [0.05, 0.1) is 12.8 Å². The van der Waals surface area contributed by atoms with Crippen LogP contribution < -0.4 is 10.6 Å². The highest BCUT2D eigenvalue weighted by molar-refractivity contribution is 5.92. The zero-order chi connectivity index (χ0) is 15.9. The summed E-state index contributed by atoms with van der Waals surface area (Å²) in [6, 6.07) is 8.98. The number of carbonyl (C=O) groups is 1. The molecule has 0 aliphatic heterocycles. The number of furan rings is 1. The van der Waals surface area contributed by atoms with Crippen LogP contribution in [0.25, 0.3) is 0 Å². The summed E-state index contributed by atoms with van der Waals surface area (Å²) >= 11 is 0. The van der Waals surface area contributed by atoms with Gasteiger partial charge in [-0.15, -0.1) is 0 Å². The summed E-state index contributed by atoms with van der Waals surface area (Å²) in [5.74, 6) is 1.08. The van der Waals surface area contributed by atoms with Crippen molar-refractivity contribution < 1.29 is 9.21 Å². The number of amides is 1. The molecule has 0 aliphatic rings. The standard InChI is InChI=1S/C16H15N5O2/c22-16(19-9-12-3-1-5-17-8-12)14-7-15(21-11-20-14)18-10-13-4-2-6-23-13/h1-8,11H,9-10H2,(H,19,22)(H,18,20,21). The molecule has 3 rings (SSSR count). The van der Waals surface area contributed by atoms with Gasteiger partial charge in [0.15, 0.2) is 0 Å². The molecule has 3 aromatic rings. The third-order valence-corrected chi connectivity index (χ3v) is 3.10. The van der Waals surface area contributed by atoms with Crippen LogP contribution in [0.15, 0.2) is 59.7 Å². The Morgan fingerprint density at radius 2 is 2.13 bits per heavy atom. The van der Waals surface area contributed by atoms with Crippen LogP contribution >= 0.6 is 0 Å². The lowest BCUT2D eigenvalue weighted by atomic mass is 10.3. The van der Waals surface area contributed by atoms with Crippen LogP contribution in [0.1, 0.15) is 21.8 Å². The Balaban J connectivity index is 1.58. The second-order valence-corrected chi connectivity index (χ2v) is 4.77. The number of carbonyl (C=O) groups excluding carboxylic acids is 1. The molecule has 0 saturated heterocycles. The minimum Gasteiger partial charge on any atom is -0.467 e. The van der Waals surface area contributed by atoms with Crippen LogP contribution in [0.2, 0.25) is 0 Å². The van der Waals surface area contributed by atoms with E-state index in [1.165, 1.54) is 6.33 Å². The molecule has 1 amide bonds. The maximum absolute atomic E-state index is 12.1. The summed E-state index contributed by atoms with van der Waals surface area (Å²) in [6.45, 7) is 0.882. The van der Waals surface area contributed by atoms with Crippen LogP contribution in [0.4, 0.5) is 5.82 Å². The molecule has 0 spiro atoms. The lowest BCUT2D eigenvalue weighted by Crippen LogP contribution is -2.24. The van der Waals surface area contributed by atoms with E-state index in [2.05, 4.69) is 25.6 Å². The van der Waals surface area contributed by atoms with Crippen LogP contribution in [-0.4, -0.2) is 20.9 Å². The van der Waals surface area contributed by atoms with Gasteiger partial charge < -0.3 is 15.1 Å². The summed E-state index contributed by atoms with van der Waals surface area (Å²) in [6.07, 6.45) is 6.35. The first-order valence-corrected chi connectivity index (χ1v) is 7.06. The Morgan fingerprint density at radius 3 is 2.91 bits per heavy atom. The van der Waals surface area contributed by atoms with Gasteiger partial charge in [0, 0.05) is 25.0 Å². The van der Waals surface area contributed by atoms with Gasteiger partial charge in [-0.3, -0.25) is 9.78 Å². The highest BCUT2D eigenvalue weighted by Gasteiger charge is 2.08. The second-order valence-electron chi connectivity index (χ2n) is 4.77. The van der Waals surface area contributed by atoms with E-state index in [0.717, 1.165) is 11.3 Å². The van der Waals surface area contributed by atoms with Gasteiger partial charge in [0.1, 0.15) is 23.6 Å². The molecule has 116 valence electrons. The van der Waals surface area contributed by atoms with E-state index < -0.39 is 0 Å². The van der Waals surface area contributed by atoms with Gasteiger partial charge in [0.2, 0.25) is 0 Å². The van der Waals surface area contributed by atoms with E-state index in [9.17, 15) is 4.79 Å². The van der Waals surface area contributed by atoms with E-state index in [1.807, 2.05) is 24.3 Å². The Kier molecular flexibility index (Phi) is 4.58. The van der Waals surface area contributed by atoms with Crippen molar-refractivity contribution in [3.8, 4) is 0 Å². The molecule has 0 radical (unpaired) electrons. The largest absolute Gasteiger partial charge is 0.467 e. The molecule has 0 saturated carbocycles. The maximum Gasteiger partial charge on any atom is 0.270 e. The molecule has 0 fully saturated rings. The molecule has 0 aliphatic carbocycles. The van der Waals surface area contributed by atoms with Gasteiger partial charge in [-0.2, -0.15) is 0 Å². The first-order chi connectivity index (χ1) is 11.3. The molecule has 2 N–H and O–H groups in total. The van der Waals surface area contributed by atoms with Gasteiger partial charge >= 0.3 is 0 Å². The summed E-state index contributed by atoms with van der Waals surface area (Å²) in [7, 11) is 0. The number of anilines is 1. The number of hydrogen-bond acceptors (Lipinski definition) is 6. The topological polar surface area (TPSA) is 92.9 Å². The fourth-order valence-corrected chi connectivity index (χ4v) is 1.94. The van der Waals surface area contributed by atoms with E-state index in [-0.39, 0.29) is 5.91 Å². The molecule has 0 atom stereocenters. The Hall–Kier alpha value is -3.22. The third-order valence-electron chi connectivity index (χ3n) is 3.10. The van der Waals surface area contributed by atoms with Crippen molar-refractivity contribution in [1.82, 2.24) is 20.3 Å². The van der Waals surface area contributed by atoms with Crippen molar-refractivity contribution in [3.05, 3.63) is 72.3 Å². The van der Waals surface area contributed by atoms with Crippen LogP contribution in [0.5, 0.6) is 0 Å². The SMILES string of the molecule is O=C(NCc1cccnc1)c1cc(NCc2ccco2)ncn1. The zero-order valence-corrected chi connectivity index (χ0v) is 12.3. The number of nitrogens with zero attached hydrogens (tertiary/aromatic N) is 3. The monoisotopic (exact) mass is 309 g/mol. The first-order valence-electron chi connectivity index (χ1n) is 7.06. The fraction of sp³-hybridized carbons (Fsp3) is 0.125. The molecule has 3 heterocycles. The fourth-order valence-electron chi connectivity index (χ4n) is 1.94. The molecule has 23 heavy (non-hydrogen) atoms. The number of rotatable bonds is 6. The van der Waals surface area contributed by atoms with E-state index in [1.54, 1.807) is 24.7 Å².